The predicted molar refractivity (Wildman–Crippen MR) is 49.6 cm³/mol. The number of hydrogen-bond acceptors (Lipinski definition) is 1. The highest BCUT2D eigenvalue weighted by Gasteiger charge is 2.23. The molecule has 1 fully saturated rings. The molecule has 1 atom stereocenters. The number of likely N-dealkylation sites (N-methyl/N-ethyl adjacent to an activating group) is 1. The van der Waals surface area contributed by atoms with Crippen molar-refractivity contribution in [2.75, 3.05) is 7.05 Å². The van der Waals surface area contributed by atoms with Gasteiger partial charge in [0.2, 0.25) is 0 Å². The smallest absolute Gasteiger partial charge is 0.0252 e. The maximum atomic E-state index is 3.33. The van der Waals surface area contributed by atoms with Crippen LogP contribution in [-0.2, 0) is 0 Å². The molecule has 0 spiro atoms. The minimum absolute atomic E-state index is 0.618. The Bertz CT molecular complexity index is 141. The van der Waals surface area contributed by atoms with Crippen molar-refractivity contribution in [3.05, 3.63) is 11.6 Å². The average molecular weight is 153 g/mol. The first kappa shape index (κ1) is 8.79. The highest BCUT2D eigenvalue weighted by molar-refractivity contribution is 5.02. The summed E-state index contributed by atoms with van der Waals surface area (Å²) in [5.41, 5.74) is 1.42. The van der Waals surface area contributed by atoms with Crippen LogP contribution >= 0.6 is 0 Å². The van der Waals surface area contributed by atoms with E-state index >= 15 is 0 Å². The van der Waals surface area contributed by atoms with Crippen LogP contribution in [0.4, 0.5) is 0 Å². The molecule has 1 aliphatic carbocycles. The molecule has 64 valence electrons. The Morgan fingerprint density at radius 1 is 1.55 bits per heavy atom. The van der Waals surface area contributed by atoms with Crippen LogP contribution in [0.1, 0.15) is 33.1 Å². The highest BCUT2D eigenvalue weighted by atomic mass is 14.9. The van der Waals surface area contributed by atoms with E-state index in [0.717, 1.165) is 5.92 Å². The van der Waals surface area contributed by atoms with Crippen LogP contribution in [0.25, 0.3) is 0 Å². The lowest BCUT2D eigenvalue weighted by molar-refractivity contribution is 0.569. The van der Waals surface area contributed by atoms with Gasteiger partial charge in [-0.15, -0.1) is 0 Å². The molecule has 1 unspecified atom stereocenters. The molecule has 1 saturated carbocycles. The summed E-state index contributed by atoms with van der Waals surface area (Å²) in [4.78, 5) is 0. The molecular formula is C10H19N. The lowest BCUT2D eigenvalue weighted by Crippen LogP contribution is -2.23. The summed E-state index contributed by atoms with van der Waals surface area (Å²) in [5.74, 6) is 1.02. The molecule has 1 nitrogen and oxygen atoms in total. The molecular weight excluding hydrogens is 134 g/mol. The summed E-state index contributed by atoms with van der Waals surface area (Å²) >= 11 is 0. The third-order valence-electron chi connectivity index (χ3n) is 2.19. The van der Waals surface area contributed by atoms with Crippen LogP contribution in [0.2, 0.25) is 0 Å². The number of allylic oxidation sites excluding steroid dienone is 1. The summed E-state index contributed by atoms with van der Waals surface area (Å²) in [6.45, 7) is 4.33. The zero-order chi connectivity index (χ0) is 8.27. The molecule has 0 radical (unpaired) electrons. The lowest BCUT2D eigenvalue weighted by atomic mass is 10.1. The topological polar surface area (TPSA) is 12.0 Å². The normalized spacial score (nSPS) is 19.5. The van der Waals surface area contributed by atoms with E-state index in [4.69, 9.17) is 0 Å². The SMILES string of the molecule is CNC(C=C(C)C)CC1CC1. The summed E-state index contributed by atoms with van der Waals surface area (Å²) in [6, 6.07) is 0.618. The fraction of sp³-hybridized carbons (Fsp3) is 0.800. The minimum atomic E-state index is 0.618. The van der Waals surface area contributed by atoms with E-state index in [1.807, 2.05) is 7.05 Å². The van der Waals surface area contributed by atoms with Gasteiger partial charge in [0.25, 0.3) is 0 Å². The second kappa shape index (κ2) is 3.91. The molecule has 1 rings (SSSR count). The Morgan fingerprint density at radius 3 is 2.55 bits per heavy atom. The molecule has 0 aromatic heterocycles. The molecule has 1 aliphatic rings. The van der Waals surface area contributed by atoms with Crippen molar-refractivity contribution in [1.29, 1.82) is 0 Å². The maximum absolute atomic E-state index is 3.33. The van der Waals surface area contributed by atoms with Gasteiger partial charge in [0.15, 0.2) is 0 Å². The largest absolute Gasteiger partial charge is 0.314 e. The second-order valence-electron chi connectivity index (χ2n) is 3.82. The van der Waals surface area contributed by atoms with Gasteiger partial charge in [0.1, 0.15) is 0 Å². The van der Waals surface area contributed by atoms with E-state index in [-0.39, 0.29) is 0 Å². The van der Waals surface area contributed by atoms with Crippen LogP contribution in [-0.4, -0.2) is 13.1 Å². The van der Waals surface area contributed by atoms with Crippen molar-refractivity contribution < 1.29 is 0 Å². The molecule has 1 heteroatoms. The van der Waals surface area contributed by atoms with Crippen molar-refractivity contribution in [3.63, 3.8) is 0 Å². The number of hydrogen-bond donors (Lipinski definition) is 1. The van der Waals surface area contributed by atoms with Crippen molar-refractivity contribution in [3.8, 4) is 0 Å². The fourth-order valence-corrected chi connectivity index (χ4v) is 1.38. The van der Waals surface area contributed by atoms with Crippen molar-refractivity contribution >= 4 is 0 Å². The number of rotatable bonds is 4. The molecule has 1 N–H and O–H groups in total. The van der Waals surface area contributed by atoms with Gasteiger partial charge in [-0.1, -0.05) is 24.5 Å². The fourth-order valence-electron chi connectivity index (χ4n) is 1.38. The molecule has 0 aliphatic heterocycles. The van der Waals surface area contributed by atoms with Crippen molar-refractivity contribution in [2.24, 2.45) is 5.92 Å². The zero-order valence-electron chi connectivity index (χ0n) is 7.85. The van der Waals surface area contributed by atoms with Gasteiger partial charge >= 0.3 is 0 Å². The first-order valence-electron chi connectivity index (χ1n) is 4.54. The van der Waals surface area contributed by atoms with Crippen LogP contribution in [0, 0.1) is 5.92 Å². The first-order valence-corrected chi connectivity index (χ1v) is 4.54. The van der Waals surface area contributed by atoms with Gasteiger partial charge in [-0.05, 0) is 33.2 Å². The Hall–Kier alpha value is -0.300. The summed E-state index contributed by atoms with van der Waals surface area (Å²) < 4.78 is 0. The molecule has 11 heavy (non-hydrogen) atoms. The molecule has 0 bridgehead atoms. The van der Waals surface area contributed by atoms with E-state index in [9.17, 15) is 0 Å². The minimum Gasteiger partial charge on any atom is -0.314 e. The number of nitrogens with one attached hydrogen (secondary N) is 1. The lowest BCUT2D eigenvalue weighted by Gasteiger charge is -2.11. The van der Waals surface area contributed by atoms with Crippen LogP contribution in [0.5, 0.6) is 0 Å². The van der Waals surface area contributed by atoms with Crippen molar-refractivity contribution in [1.82, 2.24) is 5.32 Å². The van der Waals surface area contributed by atoms with E-state index < -0.39 is 0 Å². The standard InChI is InChI=1S/C10H19N/c1-8(2)6-10(11-3)7-9-4-5-9/h6,9-11H,4-5,7H2,1-3H3. The Morgan fingerprint density at radius 2 is 2.18 bits per heavy atom. The van der Waals surface area contributed by atoms with Crippen molar-refractivity contribution in [2.45, 2.75) is 39.2 Å². The molecule has 0 heterocycles. The Balaban J connectivity index is 2.28. The Kier molecular flexibility index (Phi) is 3.13. The summed E-state index contributed by atoms with van der Waals surface area (Å²) in [6.07, 6.45) is 6.57. The van der Waals surface area contributed by atoms with Gasteiger partial charge in [-0.25, -0.2) is 0 Å². The Labute approximate surface area is 69.9 Å². The van der Waals surface area contributed by atoms with Gasteiger partial charge in [-0.2, -0.15) is 0 Å². The molecule has 0 aromatic carbocycles. The summed E-state index contributed by atoms with van der Waals surface area (Å²) in [5, 5.41) is 3.33. The average Bonchev–Trinajstić information content (AvgIpc) is 2.69. The van der Waals surface area contributed by atoms with E-state index in [1.54, 1.807) is 0 Å². The van der Waals surface area contributed by atoms with E-state index in [1.165, 1.54) is 24.8 Å². The van der Waals surface area contributed by atoms with E-state index in [0.29, 0.717) is 6.04 Å². The molecule has 0 saturated heterocycles. The highest BCUT2D eigenvalue weighted by Crippen LogP contribution is 2.33. The molecule has 0 amide bonds. The van der Waals surface area contributed by atoms with Crippen LogP contribution in [0.3, 0.4) is 0 Å². The van der Waals surface area contributed by atoms with Crippen LogP contribution in [0.15, 0.2) is 11.6 Å². The molecule has 0 aromatic rings. The monoisotopic (exact) mass is 153 g/mol. The predicted octanol–water partition coefficient (Wildman–Crippen LogP) is 2.34. The second-order valence-corrected chi connectivity index (χ2v) is 3.82. The van der Waals surface area contributed by atoms with E-state index in [2.05, 4.69) is 25.2 Å². The van der Waals surface area contributed by atoms with Gasteiger partial charge < -0.3 is 5.32 Å². The van der Waals surface area contributed by atoms with Gasteiger partial charge in [0.05, 0.1) is 0 Å². The maximum Gasteiger partial charge on any atom is 0.0252 e. The summed E-state index contributed by atoms with van der Waals surface area (Å²) in [7, 11) is 2.05. The zero-order valence-corrected chi connectivity index (χ0v) is 7.85. The third kappa shape index (κ3) is 3.57. The third-order valence-corrected chi connectivity index (χ3v) is 2.19. The van der Waals surface area contributed by atoms with Gasteiger partial charge in [0, 0.05) is 6.04 Å². The van der Waals surface area contributed by atoms with Crippen LogP contribution < -0.4 is 5.32 Å². The van der Waals surface area contributed by atoms with Gasteiger partial charge in [-0.3, -0.25) is 0 Å². The first-order chi connectivity index (χ1) is 5.22. The quantitative estimate of drug-likeness (QED) is 0.611.